The van der Waals surface area contributed by atoms with E-state index in [-0.39, 0.29) is 55.7 Å². The summed E-state index contributed by atoms with van der Waals surface area (Å²) in [4.78, 5) is 110. The van der Waals surface area contributed by atoms with E-state index in [2.05, 4.69) is 26.3 Å². The third-order valence-electron chi connectivity index (χ3n) is 13.8. The molecule has 82 heavy (non-hydrogen) atoms. The maximum Gasteiger partial charge on any atom is 0.335 e. The second kappa shape index (κ2) is 28.5. The Morgan fingerprint density at radius 2 is 0.793 bits per heavy atom. The van der Waals surface area contributed by atoms with Gasteiger partial charge in [-0.3, -0.25) is 19.2 Å². The molecule has 0 spiro atoms. The number of rotatable bonds is 8. The van der Waals surface area contributed by atoms with E-state index >= 15 is 0 Å². The van der Waals surface area contributed by atoms with Crippen LogP contribution in [-0.2, 0) is 57.3 Å². The van der Waals surface area contributed by atoms with Gasteiger partial charge in [0.05, 0.1) is 36.5 Å². The van der Waals surface area contributed by atoms with Crippen molar-refractivity contribution in [1.82, 2.24) is 9.15 Å². The van der Waals surface area contributed by atoms with Crippen LogP contribution in [0, 0.1) is 0 Å². The van der Waals surface area contributed by atoms with Gasteiger partial charge in [-0.2, -0.15) is 0 Å². The van der Waals surface area contributed by atoms with Crippen LogP contribution >= 0.6 is 0 Å². The summed E-state index contributed by atoms with van der Waals surface area (Å²) in [6.07, 6.45) is 5.05. The number of hydrogen-bond acceptors (Lipinski definition) is 18. The first-order chi connectivity index (χ1) is 39.5. The lowest BCUT2D eigenvalue weighted by molar-refractivity contribution is -0.132. The van der Waals surface area contributed by atoms with Gasteiger partial charge in [-0.05, 0) is 37.1 Å². The lowest BCUT2D eigenvalue weighted by Crippen LogP contribution is -2.42. The minimum atomic E-state index is -1.30. The molecule has 20 heteroatoms. The van der Waals surface area contributed by atoms with E-state index in [1.54, 1.807) is 86.9 Å². The highest BCUT2D eigenvalue weighted by molar-refractivity contribution is 6.60. The van der Waals surface area contributed by atoms with Gasteiger partial charge in [0.1, 0.15) is 62.1 Å². The molecule has 0 amide bonds. The van der Waals surface area contributed by atoms with Crippen LogP contribution in [0.15, 0.2) is 123 Å². The monoisotopic (exact) mass is 1120 g/mol. The Morgan fingerprint density at radius 1 is 0.463 bits per heavy atom. The standard InChI is InChI=1S/C62H66N4O16/c1-9-51(67)79-47-35-39-15-19-43(47)55-59(71)56(60(55)72)44-20-16-40(36-48(44)80-52(68)10-2)64(6)24-32-77-29-14-30-78-34-26-66(8)42-18-22-46(50(38-42)82-54(70)12-4)58-61(73)57(62(58)74)45-21-17-41(37-49(45)81-53(69)11-3)65(7)25-33-76-28-13-27-75-31-23-63(39)5/h9-12,15-22,35-38,55,58H,1-4,13-14,23-34H2,5-8H3/q+2. The third kappa shape index (κ3) is 14.6. The zero-order chi connectivity index (χ0) is 59.0. The highest BCUT2D eigenvalue weighted by Crippen LogP contribution is 2.42. The smallest absolute Gasteiger partial charge is 0.335 e. The van der Waals surface area contributed by atoms with Crippen LogP contribution in [0.5, 0.6) is 23.0 Å². The second-order valence-electron chi connectivity index (χ2n) is 19.2. The lowest BCUT2D eigenvalue weighted by atomic mass is 9.71. The number of likely N-dealkylation sites (N-methyl/N-ethyl adjacent to an activating group) is 4. The van der Waals surface area contributed by atoms with Crippen molar-refractivity contribution in [3.63, 3.8) is 0 Å². The summed E-state index contributed by atoms with van der Waals surface area (Å²) in [5, 5.41) is 1.44. The average molecular weight is 1120 g/mol. The first-order valence-corrected chi connectivity index (χ1v) is 26.5. The van der Waals surface area contributed by atoms with Crippen molar-refractivity contribution in [2.45, 2.75) is 24.7 Å². The van der Waals surface area contributed by atoms with Crippen molar-refractivity contribution in [3.8, 4) is 23.0 Å². The van der Waals surface area contributed by atoms with Gasteiger partial charge in [-0.1, -0.05) is 38.4 Å². The van der Waals surface area contributed by atoms with Crippen molar-refractivity contribution in [3.05, 3.63) is 156 Å². The molecule has 0 aromatic heterocycles. The van der Waals surface area contributed by atoms with Crippen LogP contribution in [0.4, 0.5) is 11.4 Å². The maximum absolute atomic E-state index is 14.0. The van der Waals surface area contributed by atoms with Gasteiger partial charge in [0.25, 0.3) is 0 Å². The molecule has 0 unspecified atom stereocenters. The first-order valence-electron chi connectivity index (χ1n) is 26.5. The highest BCUT2D eigenvalue weighted by atomic mass is 16.5. The van der Waals surface area contributed by atoms with Crippen molar-refractivity contribution in [2.24, 2.45) is 0 Å². The molecule has 0 radical (unpaired) electrons. The Morgan fingerprint density at radius 3 is 1.13 bits per heavy atom. The molecular formula is C62H66N4O16+2. The molecule has 16 aliphatic heterocycles. The third-order valence-corrected chi connectivity index (χ3v) is 13.8. The maximum atomic E-state index is 14.0. The van der Waals surface area contributed by atoms with E-state index in [9.17, 15) is 38.4 Å². The van der Waals surface area contributed by atoms with Gasteiger partial charge in [0, 0.05) is 135 Å². The number of esters is 4. The predicted molar refractivity (Wildman–Crippen MR) is 303 cm³/mol. The number of carbonyl (C=O) groups is 8. The van der Waals surface area contributed by atoms with Gasteiger partial charge in [0.2, 0.25) is 10.7 Å². The molecule has 2 aliphatic carbocycles. The minimum absolute atomic E-state index is 0.00175. The summed E-state index contributed by atoms with van der Waals surface area (Å²) in [5.41, 5.74) is 1.23. The number of benzene rings is 4. The Bertz CT molecular complexity index is 3250. The number of hydrogen-bond donors (Lipinski definition) is 0. The predicted octanol–water partition coefficient (Wildman–Crippen LogP) is 1.90. The Labute approximate surface area is 473 Å². The van der Waals surface area contributed by atoms with Gasteiger partial charge in [-0.15, -0.1) is 0 Å². The number of ether oxygens (including phenoxy) is 8. The number of nitrogens with zero attached hydrogens (tertiary/aromatic N) is 4. The summed E-state index contributed by atoms with van der Waals surface area (Å²) >= 11 is 0. The number of carbonyl (C=O) groups excluding carboxylic acids is 8. The fourth-order valence-corrected chi connectivity index (χ4v) is 9.11. The molecule has 18 aliphatic rings. The van der Waals surface area contributed by atoms with Crippen LogP contribution in [0.25, 0.3) is 11.1 Å². The van der Waals surface area contributed by atoms with Gasteiger partial charge < -0.3 is 47.7 Å². The van der Waals surface area contributed by atoms with Crippen molar-refractivity contribution >= 4 is 69.5 Å². The molecule has 20 nitrogen and oxygen atoms in total. The largest absolute Gasteiger partial charge is 0.423 e. The average Bonchev–Trinajstić information content (AvgIpc) is 3.24. The molecule has 2 saturated carbocycles. The van der Waals surface area contributed by atoms with Gasteiger partial charge in [0.15, 0.2) is 36.2 Å². The van der Waals surface area contributed by atoms with Crippen LogP contribution in [0.3, 0.4) is 0 Å². The molecule has 2 fully saturated rings. The highest BCUT2D eigenvalue weighted by Gasteiger charge is 2.49. The fourth-order valence-electron chi connectivity index (χ4n) is 9.11. The first kappa shape index (κ1) is 60.8. The fraction of sp³-hybridized carbons (Fsp3) is 0.323. The minimum Gasteiger partial charge on any atom is -0.423 e. The molecule has 16 heterocycles. The van der Waals surface area contributed by atoms with Crippen LogP contribution in [0.2, 0.25) is 0 Å². The zero-order valence-corrected chi connectivity index (χ0v) is 46.4. The van der Waals surface area contributed by atoms with Crippen LogP contribution in [0.1, 0.15) is 35.8 Å². The molecule has 0 atom stereocenters. The van der Waals surface area contributed by atoms with E-state index in [0.717, 1.165) is 24.3 Å². The molecule has 22 rings (SSSR count). The number of Topliss-reactive ketones (excluding diaryl/α,β-unsaturated/α-hetero) is 4. The van der Waals surface area contributed by atoms with Crippen LogP contribution in [-0.4, -0.2) is 154 Å². The summed E-state index contributed by atoms with van der Waals surface area (Å²) in [5.74, 6) is -8.02. The molecule has 4 aromatic rings. The summed E-state index contributed by atoms with van der Waals surface area (Å²) in [6.45, 7) is 18.5. The molecular weight excluding hydrogens is 1060 g/mol. The van der Waals surface area contributed by atoms with Crippen LogP contribution < -0.4 is 59.1 Å². The Hall–Kier alpha value is -8.82. The van der Waals surface area contributed by atoms with Gasteiger partial charge >= 0.3 is 23.9 Å². The van der Waals surface area contributed by atoms with E-state index < -0.39 is 58.8 Å². The Balaban J connectivity index is 1.12. The SMILES string of the molecule is C=CC(=O)Oc1cc2ccc1C1C(=O)C(=c3ccc(cc3OC(=O)C=C)=[N+](C)CCOCCCOCCN(C)c3ccc(c(OC(=O)C=C)c3)C3C(=O)C(=c4ccc(cc4OC(=O)C=C)=[N+](C)CCOCCCOCCN2C)C3=O)C1=O. The van der Waals surface area contributed by atoms with E-state index in [0.29, 0.717) is 114 Å². The molecule has 12 bridgehead atoms. The van der Waals surface area contributed by atoms with Crippen molar-refractivity contribution in [2.75, 3.05) is 117 Å². The van der Waals surface area contributed by atoms with E-state index in [1.165, 1.54) is 0 Å². The van der Waals surface area contributed by atoms with E-state index in [1.807, 2.05) is 33.0 Å². The second-order valence-corrected chi connectivity index (χ2v) is 19.2. The number of anilines is 2. The molecule has 0 N–H and O–H groups in total. The lowest BCUT2D eigenvalue weighted by Gasteiger charge is -2.29. The Kier molecular flexibility index (Phi) is 21.2. The molecule has 4 aromatic carbocycles. The number of ketones is 4. The summed E-state index contributed by atoms with van der Waals surface area (Å²) in [6, 6.07) is 19.3. The van der Waals surface area contributed by atoms with Gasteiger partial charge in [-0.25, -0.2) is 28.3 Å². The van der Waals surface area contributed by atoms with Crippen molar-refractivity contribution in [1.29, 1.82) is 0 Å². The van der Waals surface area contributed by atoms with Crippen molar-refractivity contribution < 1.29 is 76.3 Å². The summed E-state index contributed by atoms with van der Waals surface area (Å²) in [7, 11) is 7.23. The normalized spacial score (nSPS) is 18.2. The van der Waals surface area contributed by atoms with E-state index in [4.69, 9.17) is 37.9 Å². The zero-order valence-electron chi connectivity index (χ0n) is 46.4. The molecule has 0 saturated heterocycles. The topological polar surface area (TPSA) is 223 Å². The molecule has 428 valence electrons. The quantitative estimate of drug-likeness (QED) is 0.0808. The summed E-state index contributed by atoms with van der Waals surface area (Å²) < 4.78 is 49.6.